The van der Waals surface area contributed by atoms with E-state index in [2.05, 4.69) is 15.9 Å². The largest absolute Gasteiger partial charge is 0.478 e. The fraction of sp³-hybridized carbons (Fsp3) is 0.417. The van der Waals surface area contributed by atoms with Gasteiger partial charge in [-0.05, 0) is 47.0 Å². The number of halogens is 1. The van der Waals surface area contributed by atoms with Crippen molar-refractivity contribution in [2.24, 2.45) is 0 Å². The summed E-state index contributed by atoms with van der Waals surface area (Å²) < 4.78 is 30.2. The number of carboxylic acid groups (broad SMARTS) is 1. The Bertz CT molecular complexity index is 590. The molecule has 5 nitrogen and oxygen atoms in total. The quantitative estimate of drug-likeness (QED) is 0.900. The molecule has 0 aromatic heterocycles. The highest BCUT2D eigenvalue weighted by atomic mass is 79.9. The van der Waals surface area contributed by atoms with E-state index in [4.69, 9.17) is 9.84 Å². The van der Waals surface area contributed by atoms with Crippen molar-refractivity contribution in [1.29, 1.82) is 0 Å². The Labute approximate surface area is 119 Å². The Morgan fingerprint density at radius 3 is 2.79 bits per heavy atom. The molecule has 1 N–H and O–H groups in total. The van der Waals surface area contributed by atoms with Crippen LogP contribution in [0.15, 0.2) is 27.6 Å². The molecule has 0 amide bonds. The number of aromatic carboxylic acids is 1. The lowest BCUT2D eigenvalue weighted by Gasteiger charge is -2.12. The third-order valence-corrected chi connectivity index (χ3v) is 5.71. The second-order valence-corrected chi connectivity index (χ2v) is 7.22. The Hall–Kier alpha value is -0.920. The number of carboxylic acids is 1. The lowest BCUT2D eigenvalue weighted by Crippen LogP contribution is -2.20. The summed E-state index contributed by atoms with van der Waals surface area (Å²) in [6.45, 7) is 0.580. The maximum Gasteiger partial charge on any atom is 0.335 e. The number of carbonyl (C=O) groups is 1. The SMILES string of the molecule is O=C(O)c1ccc(Br)c(S(=O)(=O)CC2CCCO2)c1. The number of hydrogen-bond donors (Lipinski definition) is 1. The minimum absolute atomic E-state index is 0.00269. The van der Waals surface area contributed by atoms with E-state index in [0.717, 1.165) is 12.8 Å². The number of hydrogen-bond acceptors (Lipinski definition) is 4. The lowest BCUT2D eigenvalue weighted by molar-refractivity contribution is 0.0696. The molecule has 1 aliphatic rings. The van der Waals surface area contributed by atoms with E-state index in [9.17, 15) is 13.2 Å². The van der Waals surface area contributed by atoms with Gasteiger partial charge in [0, 0.05) is 11.1 Å². The normalized spacial score (nSPS) is 19.5. The Morgan fingerprint density at radius 2 is 2.21 bits per heavy atom. The zero-order chi connectivity index (χ0) is 14.0. The molecule has 0 spiro atoms. The first-order valence-electron chi connectivity index (χ1n) is 5.77. The van der Waals surface area contributed by atoms with Gasteiger partial charge in [-0.3, -0.25) is 0 Å². The number of sulfone groups is 1. The molecule has 1 aliphatic heterocycles. The molecule has 104 valence electrons. The van der Waals surface area contributed by atoms with Gasteiger partial charge in [0.1, 0.15) is 0 Å². The van der Waals surface area contributed by atoms with Gasteiger partial charge in [0.25, 0.3) is 0 Å². The van der Waals surface area contributed by atoms with Crippen LogP contribution in [-0.4, -0.2) is 38.0 Å². The molecule has 1 aromatic carbocycles. The molecule has 1 fully saturated rings. The molecule has 0 bridgehead atoms. The van der Waals surface area contributed by atoms with Crippen LogP contribution < -0.4 is 0 Å². The molecule has 0 aliphatic carbocycles. The number of ether oxygens (including phenoxy) is 1. The maximum atomic E-state index is 12.3. The Balaban J connectivity index is 2.33. The monoisotopic (exact) mass is 348 g/mol. The molecule has 1 aromatic rings. The van der Waals surface area contributed by atoms with E-state index in [1.165, 1.54) is 18.2 Å². The average molecular weight is 349 g/mol. The minimum atomic E-state index is -3.57. The van der Waals surface area contributed by atoms with Gasteiger partial charge in [-0.25, -0.2) is 13.2 Å². The van der Waals surface area contributed by atoms with Crippen LogP contribution in [-0.2, 0) is 14.6 Å². The van der Waals surface area contributed by atoms with Crippen molar-refractivity contribution in [3.05, 3.63) is 28.2 Å². The summed E-state index contributed by atoms with van der Waals surface area (Å²) in [5.41, 5.74) is -0.0471. The molecule has 1 saturated heterocycles. The van der Waals surface area contributed by atoms with E-state index in [-0.39, 0.29) is 22.3 Å². The smallest absolute Gasteiger partial charge is 0.335 e. The predicted octanol–water partition coefficient (Wildman–Crippen LogP) is 2.10. The van der Waals surface area contributed by atoms with Gasteiger partial charge in [0.05, 0.1) is 22.3 Å². The molecule has 1 unspecified atom stereocenters. The van der Waals surface area contributed by atoms with Gasteiger partial charge in [-0.15, -0.1) is 0 Å². The highest BCUT2D eigenvalue weighted by Crippen LogP contribution is 2.26. The standard InChI is InChI=1S/C12H13BrO5S/c13-10-4-3-8(12(14)15)6-11(10)19(16,17)7-9-2-1-5-18-9/h3-4,6,9H,1-2,5,7H2,(H,14,15). The van der Waals surface area contributed by atoms with Crippen molar-refractivity contribution in [3.63, 3.8) is 0 Å². The zero-order valence-corrected chi connectivity index (χ0v) is 12.4. The highest BCUT2D eigenvalue weighted by Gasteiger charge is 2.27. The number of rotatable bonds is 4. The molecule has 1 heterocycles. The minimum Gasteiger partial charge on any atom is -0.478 e. The molecular weight excluding hydrogens is 336 g/mol. The summed E-state index contributed by atoms with van der Waals surface area (Å²) in [5, 5.41) is 8.92. The number of benzene rings is 1. The van der Waals surface area contributed by atoms with Crippen LogP contribution in [0.25, 0.3) is 0 Å². The van der Waals surface area contributed by atoms with E-state index in [1.54, 1.807) is 0 Å². The summed E-state index contributed by atoms with van der Waals surface area (Å²) in [6, 6.07) is 3.97. The highest BCUT2D eigenvalue weighted by molar-refractivity contribution is 9.10. The zero-order valence-electron chi connectivity index (χ0n) is 10.0. The lowest BCUT2D eigenvalue weighted by atomic mass is 10.2. The van der Waals surface area contributed by atoms with Gasteiger partial charge in [0.2, 0.25) is 0 Å². The summed E-state index contributed by atoms with van der Waals surface area (Å²) in [5.74, 6) is -1.27. The van der Waals surface area contributed by atoms with Crippen LogP contribution in [0.5, 0.6) is 0 Å². The van der Waals surface area contributed by atoms with Crippen molar-refractivity contribution in [3.8, 4) is 0 Å². The van der Waals surface area contributed by atoms with Crippen molar-refractivity contribution in [1.82, 2.24) is 0 Å². The first kappa shape index (κ1) is 14.5. The molecular formula is C12H13BrO5S. The molecule has 7 heteroatoms. The molecule has 2 rings (SSSR count). The van der Waals surface area contributed by atoms with Crippen LogP contribution >= 0.6 is 15.9 Å². The average Bonchev–Trinajstić information content (AvgIpc) is 2.81. The second-order valence-electron chi connectivity index (χ2n) is 4.37. The van der Waals surface area contributed by atoms with Crippen molar-refractivity contribution in [2.75, 3.05) is 12.4 Å². The summed E-state index contributed by atoms with van der Waals surface area (Å²) >= 11 is 3.15. The van der Waals surface area contributed by atoms with Gasteiger partial charge in [-0.1, -0.05) is 0 Å². The first-order valence-corrected chi connectivity index (χ1v) is 8.22. The van der Waals surface area contributed by atoms with E-state index >= 15 is 0 Å². The summed E-state index contributed by atoms with van der Waals surface area (Å²) in [6.07, 6.45) is 1.27. The Kier molecular flexibility index (Phi) is 4.27. The fourth-order valence-corrected chi connectivity index (χ4v) is 4.58. The van der Waals surface area contributed by atoms with Crippen LogP contribution in [0.2, 0.25) is 0 Å². The fourth-order valence-electron chi connectivity index (χ4n) is 1.99. The van der Waals surface area contributed by atoms with Crippen molar-refractivity contribution in [2.45, 2.75) is 23.8 Å². The van der Waals surface area contributed by atoms with E-state index < -0.39 is 15.8 Å². The summed E-state index contributed by atoms with van der Waals surface area (Å²) in [7, 11) is -3.57. The van der Waals surface area contributed by atoms with E-state index in [0.29, 0.717) is 11.1 Å². The summed E-state index contributed by atoms with van der Waals surface area (Å²) in [4.78, 5) is 10.9. The molecule has 1 atom stereocenters. The van der Waals surface area contributed by atoms with Crippen LogP contribution in [0.1, 0.15) is 23.2 Å². The van der Waals surface area contributed by atoms with Gasteiger partial charge in [0.15, 0.2) is 9.84 Å². The first-order chi connectivity index (χ1) is 8.90. The van der Waals surface area contributed by atoms with Crippen LogP contribution in [0, 0.1) is 0 Å². The van der Waals surface area contributed by atoms with E-state index in [1.807, 2.05) is 0 Å². The molecule has 0 radical (unpaired) electrons. The van der Waals surface area contributed by atoms with Gasteiger partial charge in [-0.2, -0.15) is 0 Å². The van der Waals surface area contributed by atoms with Gasteiger partial charge < -0.3 is 9.84 Å². The Morgan fingerprint density at radius 1 is 1.47 bits per heavy atom. The second kappa shape index (κ2) is 5.60. The molecule has 19 heavy (non-hydrogen) atoms. The third-order valence-electron chi connectivity index (χ3n) is 2.94. The van der Waals surface area contributed by atoms with Gasteiger partial charge >= 0.3 is 5.97 Å². The topological polar surface area (TPSA) is 80.7 Å². The van der Waals surface area contributed by atoms with Crippen LogP contribution in [0.3, 0.4) is 0 Å². The molecule has 0 saturated carbocycles. The van der Waals surface area contributed by atoms with Crippen molar-refractivity contribution < 1.29 is 23.1 Å². The van der Waals surface area contributed by atoms with Crippen LogP contribution in [0.4, 0.5) is 0 Å². The predicted molar refractivity (Wildman–Crippen MR) is 72.1 cm³/mol. The maximum absolute atomic E-state index is 12.3. The van der Waals surface area contributed by atoms with Crippen molar-refractivity contribution >= 4 is 31.7 Å². The third kappa shape index (κ3) is 3.34.